The normalized spacial score (nSPS) is 17.3. The summed E-state index contributed by atoms with van der Waals surface area (Å²) in [5, 5.41) is 15.1. The molecule has 2 aromatic rings. The molecule has 2 aliphatic heterocycles. The Bertz CT molecular complexity index is 942. The number of nitrogens with zero attached hydrogens (tertiary/aromatic N) is 4. The first kappa shape index (κ1) is 21.1. The van der Waals surface area contributed by atoms with Gasteiger partial charge in [-0.3, -0.25) is 0 Å². The molecule has 0 unspecified atom stereocenters. The summed E-state index contributed by atoms with van der Waals surface area (Å²) < 4.78 is 16.2. The van der Waals surface area contributed by atoms with Crippen molar-refractivity contribution in [3.05, 3.63) is 23.8 Å². The van der Waals surface area contributed by atoms with Crippen LogP contribution in [0.4, 0.5) is 16.4 Å². The molecule has 0 saturated carbocycles. The van der Waals surface area contributed by atoms with Crippen molar-refractivity contribution in [3.63, 3.8) is 0 Å². The fourth-order valence-corrected chi connectivity index (χ4v) is 3.36. The minimum atomic E-state index is -0.510. The van der Waals surface area contributed by atoms with E-state index in [4.69, 9.17) is 19.4 Å². The molecular formula is C21H28N6O4. The zero-order valence-electron chi connectivity index (χ0n) is 18.1. The molecule has 0 spiro atoms. The lowest BCUT2D eigenvalue weighted by atomic mass is 10.1. The number of hydrogen-bond donors (Lipinski definition) is 2. The van der Waals surface area contributed by atoms with E-state index >= 15 is 0 Å². The van der Waals surface area contributed by atoms with Crippen LogP contribution >= 0.6 is 0 Å². The van der Waals surface area contributed by atoms with Crippen LogP contribution in [0.5, 0.6) is 0 Å². The molecule has 1 aromatic heterocycles. The molecule has 166 valence electrons. The number of ether oxygens (including phenoxy) is 2. The predicted octanol–water partition coefficient (Wildman–Crippen LogP) is 2.60. The van der Waals surface area contributed by atoms with Crippen molar-refractivity contribution in [2.24, 2.45) is 0 Å². The number of anilines is 2. The Kier molecular flexibility index (Phi) is 5.81. The number of rotatable bonds is 5. The van der Waals surface area contributed by atoms with Crippen LogP contribution in [-0.2, 0) is 9.47 Å². The molecule has 4 rings (SSSR count). The van der Waals surface area contributed by atoms with Gasteiger partial charge in [0, 0.05) is 49.2 Å². The Morgan fingerprint density at radius 2 is 2.00 bits per heavy atom. The molecule has 2 fully saturated rings. The van der Waals surface area contributed by atoms with E-state index in [2.05, 4.69) is 15.5 Å². The van der Waals surface area contributed by atoms with Gasteiger partial charge in [0.15, 0.2) is 0 Å². The van der Waals surface area contributed by atoms with E-state index in [0.29, 0.717) is 51.2 Å². The smallest absolute Gasteiger partial charge is 0.410 e. The van der Waals surface area contributed by atoms with E-state index in [0.717, 1.165) is 16.8 Å². The van der Waals surface area contributed by atoms with Crippen molar-refractivity contribution in [3.8, 4) is 11.5 Å². The number of hydrogen-bond acceptors (Lipinski definition) is 9. The second-order valence-corrected chi connectivity index (χ2v) is 8.68. The third-order valence-corrected chi connectivity index (χ3v) is 5.08. The molecule has 10 heteroatoms. The number of carbonyl (C=O) groups excluding carboxylic acids is 1. The third-order valence-electron chi connectivity index (χ3n) is 5.08. The summed E-state index contributed by atoms with van der Waals surface area (Å²) in [6.45, 7) is 9.14. The second kappa shape index (κ2) is 8.54. The zero-order valence-corrected chi connectivity index (χ0v) is 18.1. The molecular weight excluding hydrogens is 400 g/mol. The standard InChI is InChI=1S/C21H28N6O4/c1-21(2,3)30-20(28)27-8-6-26(7-9-27)19-24-18(31-25-19)14-4-5-15(11-22)17(10-14)23-16-12-29-13-16/h4-5,10-11,16,22-23H,6-9,12-13H2,1-3H3. The number of nitrogens with one attached hydrogen (secondary N) is 2. The number of amides is 1. The molecule has 2 aliphatic rings. The lowest BCUT2D eigenvalue weighted by Gasteiger charge is -2.34. The first-order valence-electron chi connectivity index (χ1n) is 10.4. The molecule has 0 bridgehead atoms. The van der Waals surface area contributed by atoms with Gasteiger partial charge in [-0.1, -0.05) is 6.07 Å². The molecule has 0 radical (unpaired) electrons. The van der Waals surface area contributed by atoms with E-state index in [1.807, 2.05) is 43.9 Å². The van der Waals surface area contributed by atoms with Crippen LogP contribution in [0.15, 0.2) is 22.7 Å². The molecule has 1 amide bonds. The number of piperazine rings is 1. The van der Waals surface area contributed by atoms with Gasteiger partial charge in [-0.25, -0.2) is 4.79 Å². The largest absolute Gasteiger partial charge is 0.444 e. The highest BCUT2D eigenvalue weighted by atomic mass is 16.6. The van der Waals surface area contributed by atoms with E-state index in [1.54, 1.807) is 4.90 Å². The van der Waals surface area contributed by atoms with Gasteiger partial charge in [-0.15, -0.1) is 0 Å². The van der Waals surface area contributed by atoms with Crippen molar-refractivity contribution >= 4 is 23.9 Å². The van der Waals surface area contributed by atoms with Gasteiger partial charge in [0.1, 0.15) is 5.60 Å². The summed E-state index contributed by atoms with van der Waals surface area (Å²) in [5.74, 6) is 0.908. The fourth-order valence-electron chi connectivity index (χ4n) is 3.36. The van der Waals surface area contributed by atoms with Crippen LogP contribution in [0.1, 0.15) is 26.3 Å². The summed E-state index contributed by atoms with van der Waals surface area (Å²) in [4.78, 5) is 20.5. The maximum atomic E-state index is 12.2. The lowest BCUT2D eigenvalue weighted by molar-refractivity contribution is 0.0211. The van der Waals surface area contributed by atoms with Crippen molar-refractivity contribution < 1.29 is 18.8 Å². The highest BCUT2D eigenvalue weighted by Gasteiger charge is 2.28. The van der Waals surface area contributed by atoms with Gasteiger partial charge in [-0.2, -0.15) is 4.98 Å². The van der Waals surface area contributed by atoms with Crippen LogP contribution in [0, 0.1) is 5.41 Å². The Hall–Kier alpha value is -3.14. The van der Waals surface area contributed by atoms with Gasteiger partial charge in [0.2, 0.25) is 0 Å². The maximum absolute atomic E-state index is 12.2. The SMILES string of the molecule is CC(C)(C)OC(=O)N1CCN(c2noc(-c3ccc(C=N)c(NC4COC4)c3)n2)CC1. The number of aromatic nitrogens is 2. The van der Waals surface area contributed by atoms with Crippen molar-refractivity contribution in [2.45, 2.75) is 32.4 Å². The van der Waals surface area contributed by atoms with Gasteiger partial charge >= 0.3 is 6.09 Å². The Morgan fingerprint density at radius 3 is 2.61 bits per heavy atom. The van der Waals surface area contributed by atoms with Crippen LogP contribution < -0.4 is 10.2 Å². The van der Waals surface area contributed by atoms with Gasteiger partial charge in [-0.05, 0) is 38.1 Å². The molecule has 10 nitrogen and oxygen atoms in total. The molecule has 2 saturated heterocycles. The Balaban J connectivity index is 1.41. The minimum Gasteiger partial charge on any atom is -0.444 e. The van der Waals surface area contributed by atoms with Gasteiger partial charge < -0.3 is 34.5 Å². The highest BCUT2D eigenvalue weighted by Crippen LogP contribution is 2.27. The van der Waals surface area contributed by atoms with Crippen LogP contribution in [0.25, 0.3) is 11.5 Å². The summed E-state index contributed by atoms with van der Waals surface area (Å²) in [6, 6.07) is 5.87. The first-order chi connectivity index (χ1) is 14.8. The van der Waals surface area contributed by atoms with E-state index in [-0.39, 0.29) is 12.1 Å². The topological polar surface area (TPSA) is 117 Å². The highest BCUT2D eigenvalue weighted by molar-refractivity contribution is 5.87. The van der Waals surface area contributed by atoms with Crippen molar-refractivity contribution in [2.75, 3.05) is 49.6 Å². The molecule has 3 heterocycles. The van der Waals surface area contributed by atoms with Crippen LogP contribution in [0.2, 0.25) is 0 Å². The lowest BCUT2D eigenvalue weighted by Crippen LogP contribution is -2.50. The van der Waals surface area contributed by atoms with Crippen molar-refractivity contribution in [1.82, 2.24) is 15.0 Å². The molecule has 1 aromatic carbocycles. The Morgan fingerprint density at radius 1 is 1.26 bits per heavy atom. The summed E-state index contributed by atoms with van der Waals surface area (Å²) in [6.07, 6.45) is 1.01. The summed E-state index contributed by atoms with van der Waals surface area (Å²) >= 11 is 0. The second-order valence-electron chi connectivity index (χ2n) is 8.68. The first-order valence-corrected chi connectivity index (χ1v) is 10.4. The third kappa shape index (κ3) is 4.96. The van der Waals surface area contributed by atoms with Gasteiger partial charge in [0.05, 0.1) is 19.3 Å². The summed E-state index contributed by atoms with van der Waals surface area (Å²) in [5.41, 5.74) is 1.89. The van der Waals surface area contributed by atoms with E-state index in [9.17, 15) is 4.79 Å². The van der Waals surface area contributed by atoms with E-state index < -0.39 is 5.60 Å². The average molecular weight is 428 g/mol. The Labute approximate surface area is 181 Å². The van der Waals surface area contributed by atoms with E-state index in [1.165, 1.54) is 6.21 Å². The average Bonchev–Trinajstić information content (AvgIpc) is 3.19. The predicted molar refractivity (Wildman–Crippen MR) is 116 cm³/mol. The summed E-state index contributed by atoms with van der Waals surface area (Å²) in [7, 11) is 0. The quantitative estimate of drug-likeness (QED) is 0.698. The number of benzene rings is 1. The molecule has 2 N–H and O–H groups in total. The molecule has 0 atom stereocenters. The number of carbonyl (C=O) groups is 1. The minimum absolute atomic E-state index is 0.244. The fraction of sp³-hybridized carbons (Fsp3) is 0.524. The monoisotopic (exact) mass is 428 g/mol. The molecule has 31 heavy (non-hydrogen) atoms. The van der Waals surface area contributed by atoms with Gasteiger partial charge in [0.25, 0.3) is 11.8 Å². The van der Waals surface area contributed by atoms with Crippen LogP contribution in [0.3, 0.4) is 0 Å². The zero-order chi connectivity index (χ0) is 22.0. The van der Waals surface area contributed by atoms with Crippen LogP contribution in [-0.4, -0.2) is 78.4 Å². The maximum Gasteiger partial charge on any atom is 0.410 e. The van der Waals surface area contributed by atoms with Crippen molar-refractivity contribution in [1.29, 1.82) is 5.41 Å². The molecule has 0 aliphatic carbocycles.